The number of aryl methyl sites for hydroxylation is 1. The lowest BCUT2D eigenvalue weighted by Crippen LogP contribution is -2.09. The van der Waals surface area contributed by atoms with E-state index in [0.717, 1.165) is 16.8 Å². The molecule has 1 atom stereocenters. The van der Waals surface area contributed by atoms with Gasteiger partial charge in [-0.05, 0) is 37.1 Å². The number of amides is 1. The Kier molecular flexibility index (Phi) is 3.25. The van der Waals surface area contributed by atoms with Crippen molar-refractivity contribution in [2.45, 2.75) is 26.8 Å². The molecule has 0 saturated heterocycles. The van der Waals surface area contributed by atoms with Crippen LogP contribution in [0.3, 0.4) is 0 Å². The number of carbonyl (C=O) groups excluding carboxylic acids is 1. The van der Waals surface area contributed by atoms with E-state index in [-0.39, 0.29) is 11.9 Å². The molecule has 1 aromatic rings. The molecular weight excluding hydrogens is 176 g/mol. The first-order chi connectivity index (χ1) is 6.50. The largest absolute Gasteiger partial charge is 0.326 e. The van der Waals surface area contributed by atoms with Crippen molar-refractivity contribution in [2.75, 3.05) is 5.32 Å². The Hall–Kier alpha value is -1.35. The zero-order valence-corrected chi connectivity index (χ0v) is 8.79. The van der Waals surface area contributed by atoms with Crippen LogP contribution >= 0.6 is 0 Å². The first kappa shape index (κ1) is 10.7. The van der Waals surface area contributed by atoms with Gasteiger partial charge in [0.2, 0.25) is 5.91 Å². The minimum atomic E-state index is -0.0575. The molecule has 0 aromatic heterocycles. The van der Waals surface area contributed by atoms with E-state index < -0.39 is 0 Å². The summed E-state index contributed by atoms with van der Waals surface area (Å²) in [6.07, 6.45) is 0. The van der Waals surface area contributed by atoms with Gasteiger partial charge in [-0.15, -0.1) is 0 Å². The summed E-state index contributed by atoms with van der Waals surface area (Å²) in [6, 6.07) is 5.78. The molecule has 0 fully saturated rings. The van der Waals surface area contributed by atoms with E-state index in [4.69, 9.17) is 5.73 Å². The normalized spacial score (nSPS) is 12.3. The molecular formula is C11H16N2O. The number of hydrogen-bond acceptors (Lipinski definition) is 2. The van der Waals surface area contributed by atoms with Crippen LogP contribution in [-0.4, -0.2) is 5.91 Å². The second-order valence-corrected chi connectivity index (χ2v) is 3.54. The maximum Gasteiger partial charge on any atom is 0.221 e. The summed E-state index contributed by atoms with van der Waals surface area (Å²) in [5.74, 6) is -0.0575. The number of hydrogen-bond donors (Lipinski definition) is 2. The van der Waals surface area contributed by atoms with Gasteiger partial charge >= 0.3 is 0 Å². The van der Waals surface area contributed by atoms with Crippen molar-refractivity contribution in [1.29, 1.82) is 0 Å². The maximum atomic E-state index is 10.8. The Morgan fingerprint density at radius 1 is 1.50 bits per heavy atom. The molecule has 0 aliphatic carbocycles. The quantitative estimate of drug-likeness (QED) is 0.752. The van der Waals surface area contributed by atoms with Gasteiger partial charge in [0.05, 0.1) is 0 Å². The third kappa shape index (κ3) is 2.57. The van der Waals surface area contributed by atoms with Gasteiger partial charge in [0.1, 0.15) is 0 Å². The highest BCUT2D eigenvalue weighted by Crippen LogP contribution is 2.19. The standard InChI is InChI=1S/C11H16N2O/c1-7-6-10(13-9(3)14)4-5-11(7)8(2)12/h4-6,8H,12H2,1-3H3,(H,13,14). The zero-order valence-electron chi connectivity index (χ0n) is 8.79. The number of carbonyl (C=O) groups is 1. The van der Waals surface area contributed by atoms with Crippen LogP contribution in [0.5, 0.6) is 0 Å². The fourth-order valence-corrected chi connectivity index (χ4v) is 1.47. The molecule has 1 rings (SSSR count). The van der Waals surface area contributed by atoms with E-state index in [1.54, 1.807) is 0 Å². The highest BCUT2D eigenvalue weighted by atomic mass is 16.1. The summed E-state index contributed by atoms with van der Waals surface area (Å²) in [7, 11) is 0. The fraction of sp³-hybridized carbons (Fsp3) is 0.364. The van der Waals surface area contributed by atoms with Gasteiger partial charge in [0.25, 0.3) is 0 Å². The second kappa shape index (κ2) is 4.24. The van der Waals surface area contributed by atoms with Gasteiger partial charge < -0.3 is 11.1 Å². The van der Waals surface area contributed by atoms with Crippen LogP contribution < -0.4 is 11.1 Å². The summed E-state index contributed by atoms with van der Waals surface area (Å²) in [4.78, 5) is 10.8. The van der Waals surface area contributed by atoms with Crippen LogP contribution in [0.25, 0.3) is 0 Å². The van der Waals surface area contributed by atoms with Crippen LogP contribution in [0, 0.1) is 6.92 Å². The third-order valence-corrected chi connectivity index (χ3v) is 2.08. The Morgan fingerprint density at radius 3 is 2.57 bits per heavy atom. The van der Waals surface area contributed by atoms with Gasteiger partial charge in [-0.3, -0.25) is 4.79 Å². The predicted octanol–water partition coefficient (Wildman–Crippen LogP) is 1.97. The average Bonchev–Trinajstić information content (AvgIpc) is 2.01. The summed E-state index contributed by atoms with van der Waals surface area (Å²) in [6.45, 7) is 5.43. The van der Waals surface area contributed by atoms with Gasteiger partial charge in [-0.2, -0.15) is 0 Å². The molecule has 3 nitrogen and oxygen atoms in total. The highest BCUT2D eigenvalue weighted by Gasteiger charge is 2.04. The van der Waals surface area contributed by atoms with E-state index >= 15 is 0 Å². The van der Waals surface area contributed by atoms with Gasteiger partial charge in [-0.1, -0.05) is 6.07 Å². The lowest BCUT2D eigenvalue weighted by Gasteiger charge is -2.11. The molecule has 1 aromatic carbocycles. The molecule has 3 heteroatoms. The maximum absolute atomic E-state index is 10.8. The van der Waals surface area contributed by atoms with Gasteiger partial charge in [0, 0.05) is 18.7 Å². The van der Waals surface area contributed by atoms with E-state index in [9.17, 15) is 4.79 Å². The van der Waals surface area contributed by atoms with E-state index in [2.05, 4.69) is 5.32 Å². The van der Waals surface area contributed by atoms with Crippen molar-refractivity contribution >= 4 is 11.6 Å². The Bertz CT molecular complexity index is 345. The second-order valence-electron chi connectivity index (χ2n) is 3.54. The molecule has 0 bridgehead atoms. The predicted molar refractivity (Wildman–Crippen MR) is 58.1 cm³/mol. The molecule has 0 aliphatic heterocycles. The van der Waals surface area contributed by atoms with Crippen molar-refractivity contribution in [3.63, 3.8) is 0 Å². The number of rotatable bonds is 2. The molecule has 14 heavy (non-hydrogen) atoms. The van der Waals surface area contributed by atoms with Crippen molar-refractivity contribution in [3.05, 3.63) is 29.3 Å². The molecule has 1 amide bonds. The highest BCUT2D eigenvalue weighted by molar-refractivity contribution is 5.88. The smallest absolute Gasteiger partial charge is 0.221 e. The molecule has 76 valence electrons. The molecule has 0 saturated carbocycles. The molecule has 3 N–H and O–H groups in total. The number of nitrogens with two attached hydrogens (primary N) is 1. The minimum absolute atomic E-state index is 0.0291. The van der Waals surface area contributed by atoms with Gasteiger partial charge in [0.15, 0.2) is 0 Å². The molecule has 0 spiro atoms. The molecule has 0 radical (unpaired) electrons. The SMILES string of the molecule is CC(=O)Nc1ccc(C(C)N)c(C)c1. The summed E-state index contributed by atoms with van der Waals surface area (Å²) >= 11 is 0. The van der Waals surface area contributed by atoms with Crippen molar-refractivity contribution in [3.8, 4) is 0 Å². The Morgan fingerprint density at radius 2 is 2.14 bits per heavy atom. The summed E-state index contributed by atoms with van der Waals surface area (Å²) in [5.41, 5.74) is 8.81. The lowest BCUT2D eigenvalue weighted by atomic mass is 10.0. The van der Waals surface area contributed by atoms with Crippen LogP contribution in [0.1, 0.15) is 31.0 Å². The number of benzene rings is 1. The molecule has 0 heterocycles. The first-order valence-electron chi connectivity index (χ1n) is 4.64. The molecule has 0 aliphatic rings. The van der Waals surface area contributed by atoms with Crippen LogP contribution in [0.2, 0.25) is 0 Å². The fourth-order valence-electron chi connectivity index (χ4n) is 1.47. The Balaban J connectivity index is 2.94. The van der Waals surface area contributed by atoms with Crippen LogP contribution in [0.4, 0.5) is 5.69 Å². The van der Waals surface area contributed by atoms with Crippen LogP contribution in [0.15, 0.2) is 18.2 Å². The monoisotopic (exact) mass is 192 g/mol. The molecule has 1 unspecified atom stereocenters. The van der Waals surface area contributed by atoms with E-state index in [1.807, 2.05) is 32.0 Å². The van der Waals surface area contributed by atoms with Gasteiger partial charge in [-0.25, -0.2) is 0 Å². The van der Waals surface area contributed by atoms with E-state index in [1.165, 1.54) is 6.92 Å². The minimum Gasteiger partial charge on any atom is -0.326 e. The van der Waals surface area contributed by atoms with Crippen molar-refractivity contribution in [1.82, 2.24) is 0 Å². The summed E-state index contributed by atoms with van der Waals surface area (Å²) in [5, 5.41) is 2.73. The average molecular weight is 192 g/mol. The zero-order chi connectivity index (χ0) is 10.7. The lowest BCUT2D eigenvalue weighted by molar-refractivity contribution is -0.114. The third-order valence-electron chi connectivity index (χ3n) is 2.08. The first-order valence-corrected chi connectivity index (χ1v) is 4.64. The Labute approximate surface area is 84.3 Å². The topological polar surface area (TPSA) is 55.1 Å². The van der Waals surface area contributed by atoms with E-state index in [0.29, 0.717) is 0 Å². The number of nitrogens with one attached hydrogen (secondary N) is 1. The van der Waals surface area contributed by atoms with Crippen molar-refractivity contribution in [2.24, 2.45) is 5.73 Å². The van der Waals surface area contributed by atoms with Crippen molar-refractivity contribution < 1.29 is 4.79 Å². The number of anilines is 1. The van der Waals surface area contributed by atoms with Crippen LogP contribution in [-0.2, 0) is 4.79 Å². The summed E-state index contributed by atoms with van der Waals surface area (Å²) < 4.78 is 0.